The Labute approximate surface area is 242 Å². The van der Waals surface area contributed by atoms with Crippen LogP contribution in [0, 0.1) is 13.8 Å². The maximum atomic E-state index is 12.7. The van der Waals surface area contributed by atoms with Crippen LogP contribution in [0.1, 0.15) is 27.0 Å². The van der Waals surface area contributed by atoms with Crippen LogP contribution in [-0.2, 0) is 31.3 Å². The molecule has 41 heavy (non-hydrogen) atoms. The Morgan fingerprint density at radius 3 is 2.20 bits per heavy atom. The number of hydrogen-bond donors (Lipinski definition) is 1. The minimum Gasteiger partial charge on any atom is -0.492 e. The van der Waals surface area contributed by atoms with Gasteiger partial charge in [-0.05, 0) is 79.1 Å². The molecule has 0 atom stereocenters. The van der Waals surface area contributed by atoms with Crippen LogP contribution in [0.15, 0.2) is 71.6 Å². The molecular weight excluding hydrogens is 566 g/mol. The van der Waals surface area contributed by atoms with Crippen LogP contribution >= 0.6 is 0 Å². The van der Waals surface area contributed by atoms with Gasteiger partial charge >= 0.3 is 0 Å². The third-order valence-corrected chi connectivity index (χ3v) is 9.86. The smallest absolute Gasteiger partial charge is 0.251 e. The van der Waals surface area contributed by atoms with Crippen molar-refractivity contribution >= 4 is 31.6 Å². The van der Waals surface area contributed by atoms with Crippen molar-refractivity contribution in [2.24, 2.45) is 0 Å². The van der Waals surface area contributed by atoms with Crippen molar-refractivity contribution in [3.05, 3.63) is 89.0 Å². The number of aryl methyl sites for hydroxylation is 2. The molecule has 1 fully saturated rings. The van der Waals surface area contributed by atoms with Crippen LogP contribution < -0.4 is 14.4 Å². The van der Waals surface area contributed by atoms with Crippen molar-refractivity contribution in [2.45, 2.75) is 25.3 Å². The summed E-state index contributed by atoms with van der Waals surface area (Å²) >= 11 is 0. The van der Waals surface area contributed by atoms with E-state index >= 15 is 0 Å². The minimum atomic E-state index is -3.57. The summed E-state index contributed by atoms with van der Waals surface area (Å²) in [6, 6.07) is 18.5. The third-order valence-electron chi connectivity index (χ3n) is 6.81. The molecule has 0 saturated carbocycles. The Morgan fingerprint density at radius 2 is 1.59 bits per heavy atom. The normalized spacial score (nSPS) is 14.4. The first-order valence-corrected chi connectivity index (χ1v) is 16.5. The van der Waals surface area contributed by atoms with Gasteiger partial charge in [0.2, 0.25) is 20.0 Å². The number of nitrogens with one attached hydrogen (secondary N) is 1. The maximum Gasteiger partial charge on any atom is 0.251 e. The van der Waals surface area contributed by atoms with Crippen molar-refractivity contribution in [2.75, 3.05) is 50.0 Å². The third kappa shape index (κ3) is 7.85. The summed E-state index contributed by atoms with van der Waals surface area (Å²) in [4.78, 5) is 12.8. The number of amides is 1. The second kappa shape index (κ2) is 13.0. The summed E-state index contributed by atoms with van der Waals surface area (Å²) in [6.07, 6.45) is 1.17. The molecule has 1 amide bonds. The highest BCUT2D eigenvalue weighted by Crippen LogP contribution is 2.24. The number of nitrogens with zero attached hydrogens (tertiary/aromatic N) is 2. The first kappa shape index (κ1) is 30.5. The molecular formula is C29H35N3O7S2. The molecule has 1 saturated heterocycles. The van der Waals surface area contributed by atoms with E-state index in [-0.39, 0.29) is 30.5 Å². The lowest BCUT2D eigenvalue weighted by atomic mass is 10.1. The second-order valence-electron chi connectivity index (χ2n) is 9.83. The molecule has 1 aliphatic rings. The Morgan fingerprint density at radius 1 is 0.927 bits per heavy atom. The zero-order valence-corrected chi connectivity index (χ0v) is 25.0. The zero-order chi connectivity index (χ0) is 29.6. The van der Waals surface area contributed by atoms with Crippen molar-refractivity contribution < 1.29 is 31.1 Å². The fraction of sp³-hybridized carbons (Fsp3) is 0.345. The quantitative estimate of drug-likeness (QED) is 0.335. The van der Waals surface area contributed by atoms with Gasteiger partial charge in [-0.2, -0.15) is 4.31 Å². The van der Waals surface area contributed by atoms with E-state index in [0.717, 1.165) is 16.7 Å². The molecule has 4 rings (SSSR count). The lowest BCUT2D eigenvalue weighted by Gasteiger charge is -2.26. The summed E-state index contributed by atoms with van der Waals surface area (Å²) in [7, 11) is -7.09. The Hall–Kier alpha value is -3.45. The number of benzene rings is 3. The molecule has 0 unspecified atom stereocenters. The summed E-state index contributed by atoms with van der Waals surface area (Å²) in [5.41, 5.74) is 3.85. The van der Waals surface area contributed by atoms with Gasteiger partial charge in [0.25, 0.3) is 5.91 Å². The highest BCUT2D eigenvalue weighted by Gasteiger charge is 2.26. The molecule has 12 heteroatoms. The average molecular weight is 602 g/mol. The van der Waals surface area contributed by atoms with Gasteiger partial charge in [-0.25, -0.2) is 16.8 Å². The van der Waals surface area contributed by atoms with Gasteiger partial charge in [0.15, 0.2) is 0 Å². The number of sulfonamides is 2. The number of anilines is 1. The highest BCUT2D eigenvalue weighted by molar-refractivity contribution is 7.92. The van der Waals surface area contributed by atoms with E-state index in [4.69, 9.17) is 9.47 Å². The van der Waals surface area contributed by atoms with Crippen molar-refractivity contribution in [3.8, 4) is 5.75 Å². The lowest BCUT2D eigenvalue weighted by Crippen LogP contribution is -2.40. The van der Waals surface area contributed by atoms with E-state index in [9.17, 15) is 21.6 Å². The van der Waals surface area contributed by atoms with E-state index in [2.05, 4.69) is 5.32 Å². The highest BCUT2D eigenvalue weighted by atomic mass is 32.2. The van der Waals surface area contributed by atoms with Gasteiger partial charge in [-0.3, -0.25) is 9.10 Å². The monoisotopic (exact) mass is 601 g/mol. The van der Waals surface area contributed by atoms with Crippen LogP contribution in [-0.4, -0.2) is 72.8 Å². The van der Waals surface area contributed by atoms with Gasteiger partial charge < -0.3 is 14.8 Å². The molecule has 0 radical (unpaired) electrons. The van der Waals surface area contributed by atoms with Gasteiger partial charge in [-0.1, -0.05) is 18.2 Å². The summed E-state index contributed by atoms with van der Waals surface area (Å²) < 4.78 is 64.1. The molecule has 0 aromatic heterocycles. The predicted molar refractivity (Wildman–Crippen MR) is 157 cm³/mol. The molecule has 0 aliphatic carbocycles. The second-order valence-corrected chi connectivity index (χ2v) is 13.7. The number of carbonyl (C=O) groups excluding carboxylic acids is 1. The molecule has 220 valence electrons. The van der Waals surface area contributed by atoms with Gasteiger partial charge in [0.1, 0.15) is 12.4 Å². The van der Waals surface area contributed by atoms with Gasteiger partial charge in [0.05, 0.1) is 43.1 Å². The standard InChI is InChI=1S/C29H35N3O7S2/c1-22-4-9-26(20-23(22)2)32(40(3,34)35)21-24-5-7-25(8-6-24)29(33)30-14-17-39-27-10-12-28(13-11-27)41(36,37)31-15-18-38-19-16-31/h4-13,20H,14-19,21H2,1-3H3,(H,30,33). The largest absolute Gasteiger partial charge is 0.492 e. The predicted octanol–water partition coefficient (Wildman–Crippen LogP) is 3.10. The van der Waals surface area contributed by atoms with Crippen LogP contribution in [0.25, 0.3) is 0 Å². The molecule has 0 bridgehead atoms. The minimum absolute atomic E-state index is 0.142. The average Bonchev–Trinajstić information content (AvgIpc) is 2.96. The van der Waals surface area contributed by atoms with E-state index < -0.39 is 20.0 Å². The van der Waals surface area contributed by atoms with E-state index in [1.165, 1.54) is 27.0 Å². The van der Waals surface area contributed by atoms with Crippen molar-refractivity contribution in [1.82, 2.24) is 9.62 Å². The number of rotatable bonds is 11. The molecule has 1 N–H and O–H groups in total. The lowest BCUT2D eigenvalue weighted by molar-refractivity contribution is 0.0730. The number of ether oxygens (including phenoxy) is 2. The zero-order valence-electron chi connectivity index (χ0n) is 23.4. The van der Waals surface area contributed by atoms with Crippen LogP contribution in [0.3, 0.4) is 0 Å². The molecule has 1 heterocycles. The molecule has 10 nitrogen and oxygen atoms in total. The van der Waals surface area contributed by atoms with Crippen molar-refractivity contribution in [3.63, 3.8) is 0 Å². The Balaban J connectivity index is 1.28. The molecule has 0 spiro atoms. The Kier molecular flexibility index (Phi) is 9.69. The first-order chi connectivity index (χ1) is 19.4. The topological polar surface area (TPSA) is 122 Å². The molecule has 1 aliphatic heterocycles. The fourth-order valence-corrected chi connectivity index (χ4v) is 6.58. The molecule has 3 aromatic rings. The summed E-state index contributed by atoms with van der Waals surface area (Å²) in [6.45, 7) is 5.90. The maximum absolute atomic E-state index is 12.7. The van der Waals surface area contributed by atoms with Crippen LogP contribution in [0.5, 0.6) is 5.75 Å². The van der Waals surface area contributed by atoms with Crippen LogP contribution in [0.4, 0.5) is 5.69 Å². The number of morpholine rings is 1. The number of carbonyl (C=O) groups is 1. The van der Waals surface area contributed by atoms with E-state index in [1.807, 2.05) is 26.0 Å². The fourth-order valence-electron chi connectivity index (χ4n) is 4.29. The Bertz CT molecular complexity index is 1570. The van der Waals surface area contributed by atoms with E-state index in [0.29, 0.717) is 43.3 Å². The first-order valence-electron chi connectivity index (χ1n) is 13.2. The van der Waals surface area contributed by atoms with Gasteiger partial charge in [0, 0.05) is 18.7 Å². The SMILES string of the molecule is Cc1ccc(N(Cc2ccc(C(=O)NCCOc3ccc(S(=O)(=O)N4CCOCC4)cc3)cc2)S(C)(=O)=O)cc1C. The summed E-state index contributed by atoms with van der Waals surface area (Å²) in [5.74, 6) is 0.199. The summed E-state index contributed by atoms with van der Waals surface area (Å²) in [5, 5.41) is 2.79. The van der Waals surface area contributed by atoms with Gasteiger partial charge in [-0.15, -0.1) is 0 Å². The van der Waals surface area contributed by atoms with Crippen LogP contribution in [0.2, 0.25) is 0 Å². The van der Waals surface area contributed by atoms with Crippen molar-refractivity contribution in [1.29, 1.82) is 0 Å². The number of hydrogen-bond acceptors (Lipinski definition) is 7. The molecule has 3 aromatic carbocycles. The van der Waals surface area contributed by atoms with E-state index in [1.54, 1.807) is 42.5 Å².